The van der Waals surface area contributed by atoms with E-state index in [0.29, 0.717) is 44.0 Å². The SMILES string of the molecule is O=C(CC1CN(Cc2ccc(F)c(F)c2)CCO1)NC1C2CC3CC(C2)CC1C3. The highest BCUT2D eigenvalue weighted by molar-refractivity contribution is 5.77. The largest absolute Gasteiger partial charge is 0.375 e. The Morgan fingerprint density at radius 2 is 1.79 bits per heavy atom. The summed E-state index contributed by atoms with van der Waals surface area (Å²) >= 11 is 0. The fourth-order valence-corrected chi connectivity index (χ4v) is 6.56. The molecule has 4 aliphatic carbocycles. The maximum absolute atomic E-state index is 13.5. The van der Waals surface area contributed by atoms with E-state index < -0.39 is 11.6 Å². The Balaban J connectivity index is 1.13. The molecule has 0 aromatic heterocycles. The summed E-state index contributed by atoms with van der Waals surface area (Å²) in [4.78, 5) is 14.9. The Kier molecular flexibility index (Phi) is 5.33. The molecule has 4 nitrogen and oxygen atoms in total. The molecule has 0 spiro atoms. The Morgan fingerprint density at radius 3 is 2.48 bits per heavy atom. The summed E-state index contributed by atoms with van der Waals surface area (Å²) in [6.45, 7) is 2.45. The van der Waals surface area contributed by atoms with Crippen molar-refractivity contribution in [2.75, 3.05) is 19.7 Å². The first-order valence-corrected chi connectivity index (χ1v) is 11.1. The fourth-order valence-electron chi connectivity index (χ4n) is 6.56. The predicted octanol–water partition coefficient (Wildman–Crippen LogP) is 3.50. The van der Waals surface area contributed by atoms with E-state index in [9.17, 15) is 13.6 Å². The predicted molar refractivity (Wildman–Crippen MR) is 105 cm³/mol. The second-order valence-corrected chi connectivity index (χ2v) is 9.70. The maximum atomic E-state index is 13.5. The molecule has 6 rings (SSSR count). The zero-order chi connectivity index (χ0) is 20.0. The first kappa shape index (κ1) is 19.4. The molecule has 4 bridgehead atoms. The van der Waals surface area contributed by atoms with E-state index in [4.69, 9.17) is 4.74 Å². The van der Waals surface area contributed by atoms with Gasteiger partial charge in [0, 0.05) is 25.7 Å². The van der Waals surface area contributed by atoms with Gasteiger partial charge in [0.2, 0.25) is 5.91 Å². The molecular formula is C23H30F2N2O2. The number of hydrogen-bond acceptors (Lipinski definition) is 3. The number of ether oxygens (including phenoxy) is 1. The van der Waals surface area contributed by atoms with Gasteiger partial charge in [0.25, 0.3) is 0 Å². The molecule has 158 valence electrons. The molecule has 5 fully saturated rings. The number of carbonyl (C=O) groups is 1. The van der Waals surface area contributed by atoms with E-state index in [0.717, 1.165) is 23.9 Å². The lowest BCUT2D eigenvalue weighted by atomic mass is 9.54. The van der Waals surface area contributed by atoms with E-state index in [-0.39, 0.29) is 12.0 Å². The third kappa shape index (κ3) is 4.19. The fraction of sp³-hybridized carbons (Fsp3) is 0.696. The first-order chi connectivity index (χ1) is 14.0. The lowest BCUT2D eigenvalue weighted by Crippen LogP contribution is -2.56. The third-order valence-electron chi connectivity index (χ3n) is 7.58. The number of morpholine rings is 1. The third-order valence-corrected chi connectivity index (χ3v) is 7.58. The van der Waals surface area contributed by atoms with Gasteiger partial charge in [0.15, 0.2) is 11.6 Å². The van der Waals surface area contributed by atoms with E-state index in [1.165, 1.54) is 44.2 Å². The highest BCUT2D eigenvalue weighted by atomic mass is 19.2. The normalized spacial score (nSPS) is 36.3. The summed E-state index contributed by atoms with van der Waals surface area (Å²) in [6, 6.07) is 4.39. The Labute approximate surface area is 171 Å². The topological polar surface area (TPSA) is 41.6 Å². The molecule has 1 aliphatic heterocycles. The van der Waals surface area contributed by atoms with Crippen LogP contribution in [0, 0.1) is 35.3 Å². The van der Waals surface area contributed by atoms with Gasteiger partial charge in [-0.15, -0.1) is 0 Å². The smallest absolute Gasteiger partial charge is 0.222 e. The quantitative estimate of drug-likeness (QED) is 0.817. The average molecular weight is 405 g/mol. The molecule has 29 heavy (non-hydrogen) atoms. The second-order valence-electron chi connectivity index (χ2n) is 9.70. The number of halogens is 2. The van der Waals surface area contributed by atoms with Crippen molar-refractivity contribution >= 4 is 5.91 Å². The van der Waals surface area contributed by atoms with Crippen LogP contribution in [0.1, 0.15) is 44.1 Å². The summed E-state index contributed by atoms with van der Waals surface area (Å²) in [7, 11) is 0. The number of nitrogens with one attached hydrogen (secondary N) is 1. The van der Waals surface area contributed by atoms with Gasteiger partial charge in [-0.05, 0) is 73.5 Å². The number of carbonyl (C=O) groups excluding carboxylic acids is 1. The van der Waals surface area contributed by atoms with Crippen LogP contribution in [-0.2, 0) is 16.1 Å². The molecule has 1 N–H and O–H groups in total. The second kappa shape index (κ2) is 7.95. The van der Waals surface area contributed by atoms with E-state index >= 15 is 0 Å². The molecule has 1 aromatic carbocycles. The van der Waals surface area contributed by atoms with Crippen LogP contribution >= 0.6 is 0 Å². The molecule has 6 heteroatoms. The highest BCUT2D eigenvalue weighted by Crippen LogP contribution is 2.53. The number of hydrogen-bond donors (Lipinski definition) is 1. The van der Waals surface area contributed by atoms with Crippen LogP contribution in [0.25, 0.3) is 0 Å². The van der Waals surface area contributed by atoms with Crippen LogP contribution in [0.3, 0.4) is 0 Å². The van der Waals surface area contributed by atoms with Gasteiger partial charge in [-0.1, -0.05) is 6.07 Å². The molecule has 1 heterocycles. The minimum atomic E-state index is -0.824. The van der Waals surface area contributed by atoms with E-state index in [1.54, 1.807) is 6.07 Å². The van der Waals surface area contributed by atoms with Crippen molar-refractivity contribution in [1.29, 1.82) is 0 Å². The van der Waals surface area contributed by atoms with Crippen molar-refractivity contribution in [3.8, 4) is 0 Å². The number of rotatable bonds is 5. The van der Waals surface area contributed by atoms with Crippen molar-refractivity contribution in [3.05, 3.63) is 35.4 Å². The van der Waals surface area contributed by atoms with Gasteiger partial charge in [-0.3, -0.25) is 9.69 Å². The standard InChI is InChI=1S/C23H30F2N2O2/c24-20-2-1-14(10-21(20)25)12-27-3-4-29-19(13-27)11-22(28)26-23-17-6-15-5-16(8-17)9-18(23)7-15/h1-2,10,15-19,23H,3-9,11-13H2,(H,26,28). The van der Waals surface area contributed by atoms with Gasteiger partial charge in [-0.2, -0.15) is 0 Å². The molecule has 1 unspecified atom stereocenters. The highest BCUT2D eigenvalue weighted by Gasteiger charge is 2.48. The molecule has 4 saturated carbocycles. The van der Waals surface area contributed by atoms with E-state index in [1.807, 2.05) is 0 Å². The average Bonchev–Trinajstić information content (AvgIpc) is 2.67. The molecule has 0 radical (unpaired) electrons. The lowest BCUT2D eigenvalue weighted by Gasteiger charge is -2.54. The molecule has 5 aliphatic rings. The summed E-state index contributed by atoms with van der Waals surface area (Å²) in [5, 5.41) is 3.36. The lowest BCUT2D eigenvalue weighted by molar-refractivity contribution is -0.130. The molecule has 1 amide bonds. The summed E-state index contributed by atoms with van der Waals surface area (Å²) < 4.78 is 32.4. The van der Waals surface area contributed by atoms with Gasteiger partial charge < -0.3 is 10.1 Å². The molecule has 1 aromatic rings. The van der Waals surface area contributed by atoms with Gasteiger partial charge in [-0.25, -0.2) is 8.78 Å². The van der Waals surface area contributed by atoms with Gasteiger partial charge in [0.05, 0.1) is 19.1 Å². The van der Waals surface area contributed by atoms with Crippen LogP contribution < -0.4 is 5.32 Å². The van der Waals surface area contributed by atoms with Crippen molar-refractivity contribution in [2.45, 2.75) is 57.2 Å². The maximum Gasteiger partial charge on any atom is 0.222 e. The Hall–Kier alpha value is -1.53. The monoisotopic (exact) mass is 404 g/mol. The van der Waals surface area contributed by atoms with Crippen molar-refractivity contribution in [1.82, 2.24) is 10.2 Å². The molecule has 1 saturated heterocycles. The first-order valence-electron chi connectivity index (χ1n) is 11.1. The Bertz CT molecular complexity index is 743. The minimum Gasteiger partial charge on any atom is -0.375 e. The zero-order valence-electron chi connectivity index (χ0n) is 16.8. The number of amides is 1. The number of benzene rings is 1. The Morgan fingerprint density at radius 1 is 1.07 bits per heavy atom. The minimum absolute atomic E-state index is 0.0992. The summed E-state index contributed by atoms with van der Waals surface area (Å²) in [5.41, 5.74) is 0.739. The summed E-state index contributed by atoms with van der Waals surface area (Å²) in [6.07, 6.45) is 6.81. The van der Waals surface area contributed by atoms with Crippen molar-refractivity contribution < 1.29 is 18.3 Å². The van der Waals surface area contributed by atoms with Gasteiger partial charge in [0.1, 0.15) is 0 Å². The molecule has 1 atom stereocenters. The van der Waals surface area contributed by atoms with Crippen LogP contribution in [0.5, 0.6) is 0 Å². The van der Waals surface area contributed by atoms with Crippen LogP contribution in [0.4, 0.5) is 8.78 Å². The van der Waals surface area contributed by atoms with Crippen LogP contribution in [-0.4, -0.2) is 42.6 Å². The number of nitrogens with zero attached hydrogens (tertiary/aromatic N) is 1. The van der Waals surface area contributed by atoms with E-state index in [2.05, 4.69) is 10.2 Å². The van der Waals surface area contributed by atoms with Crippen LogP contribution in [0.2, 0.25) is 0 Å². The van der Waals surface area contributed by atoms with Crippen molar-refractivity contribution in [2.24, 2.45) is 23.7 Å². The van der Waals surface area contributed by atoms with Gasteiger partial charge >= 0.3 is 0 Å². The zero-order valence-corrected chi connectivity index (χ0v) is 16.8. The van der Waals surface area contributed by atoms with Crippen LogP contribution in [0.15, 0.2) is 18.2 Å². The molecular weight excluding hydrogens is 374 g/mol. The summed E-state index contributed by atoms with van der Waals surface area (Å²) in [5.74, 6) is 1.61. The van der Waals surface area contributed by atoms with Crippen molar-refractivity contribution in [3.63, 3.8) is 0 Å².